The summed E-state index contributed by atoms with van der Waals surface area (Å²) in [6.07, 6.45) is 1.91. The van der Waals surface area contributed by atoms with Gasteiger partial charge in [0.25, 0.3) is 0 Å². The van der Waals surface area contributed by atoms with Crippen LogP contribution >= 0.6 is 11.3 Å². The maximum absolute atomic E-state index is 12.6. The van der Waals surface area contributed by atoms with Crippen molar-refractivity contribution in [3.05, 3.63) is 16.3 Å². The van der Waals surface area contributed by atoms with Crippen LogP contribution in [0.5, 0.6) is 0 Å². The smallest absolute Gasteiger partial charge is 0.244 e. The molecule has 0 amide bonds. The fourth-order valence-electron chi connectivity index (χ4n) is 2.63. The normalized spacial score (nSPS) is 19.2. The summed E-state index contributed by atoms with van der Waals surface area (Å²) in [4.78, 5) is 1.16. The Morgan fingerprint density at radius 2 is 2.05 bits per heavy atom. The van der Waals surface area contributed by atoms with Gasteiger partial charge in [0.2, 0.25) is 10.0 Å². The number of piperidine rings is 1. The lowest BCUT2D eigenvalue weighted by Gasteiger charge is -2.33. The molecule has 0 aliphatic carbocycles. The van der Waals surface area contributed by atoms with Crippen molar-refractivity contribution in [2.24, 2.45) is 17.6 Å². The summed E-state index contributed by atoms with van der Waals surface area (Å²) in [6, 6.07) is 1.68. The highest BCUT2D eigenvalue weighted by Gasteiger charge is 2.31. The van der Waals surface area contributed by atoms with Gasteiger partial charge in [0.15, 0.2) is 0 Å². The van der Waals surface area contributed by atoms with Gasteiger partial charge in [-0.2, -0.15) is 4.31 Å². The molecule has 0 spiro atoms. The van der Waals surface area contributed by atoms with E-state index in [4.69, 9.17) is 5.73 Å². The van der Waals surface area contributed by atoms with Crippen molar-refractivity contribution in [2.75, 3.05) is 13.1 Å². The monoisotopic (exact) mass is 302 g/mol. The molecule has 6 heteroatoms. The van der Waals surface area contributed by atoms with Gasteiger partial charge in [0.1, 0.15) is 0 Å². The largest absolute Gasteiger partial charge is 0.326 e. The minimum absolute atomic E-state index is 0.286. The molecule has 1 aliphatic heterocycles. The molecule has 19 heavy (non-hydrogen) atoms. The molecule has 0 bridgehead atoms. The molecule has 0 radical (unpaired) electrons. The lowest BCUT2D eigenvalue weighted by atomic mass is 9.87. The average molecular weight is 302 g/mol. The zero-order valence-electron chi connectivity index (χ0n) is 11.5. The van der Waals surface area contributed by atoms with E-state index in [0.29, 0.717) is 29.8 Å². The first kappa shape index (κ1) is 15.0. The lowest BCUT2D eigenvalue weighted by molar-refractivity contribution is 0.226. The fraction of sp³-hybridized carbons (Fsp3) is 0.692. The van der Waals surface area contributed by atoms with Crippen molar-refractivity contribution in [2.45, 2.75) is 38.1 Å². The van der Waals surface area contributed by atoms with E-state index in [0.717, 1.165) is 17.7 Å². The minimum atomic E-state index is -3.35. The van der Waals surface area contributed by atoms with Crippen molar-refractivity contribution in [3.63, 3.8) is 0 Å². The average Bonchev–Trinajstić information content (AvgIpc) is 2.87. The summed E-state index contributed by atoms with van der Waals surface area (Å²) in [6.45, 7) is 5.96. The zero-order chi connectivity index (χ0) is 14.0. The van der Waals surface area contributed by atoms with Crippen LogP contribution in [0.4, 0.5) is 0 Å². The van der Waals surface area contributed by atoms with E-state index < -0.39 is 10.0 Å². The molecule has 2 N–H and O–H groups in total. The Morgan fingerprint density at radius 1 is 1.42 bits per heavy atom. The third-order valence-corrected chi connectivity index (χ3v) is 7.00. The second kappa shape index (κ2) is 5.91. The summed E-state index contributed by atoms with van der Waals surface area (Å²) in [5, 5.41) is 1.80. The number of nitrogens with zero attached hydrogens (tertiary/aromatic N) is 1. The Kier molecular flexibility index (Phi) is 4.66. The molecule has 0 unspecified atom stereocenters. The zero-order valence-corrected chi connectivity index (χ0v) is 13.1. The van der Waals surface area contributed by atoms with Crippen molar-refractivity contribution < 1.29 is 8.42 Å². The second-order valence-corrected chi connectivity index (χ2v) is 8.30. The van der Waals surface area contributed by atoms with E-state index in [1.54, 1.807) is 15.8 Å². The van der Waals surface area contributed by atoms with Gasteiger partial charge < -0.3 is 5.73 Å². The van der Waals surface area contributed by atoms with Crippen LogP contribution in [0.25, 0.3) is 0 Å². The Balaban J connectivity index is 2.14. The Hall–Kier alpha value is -0.430. The lowest BCUT2D eigenvalue weighted by Crippen LogP contribution is -2.39. The van der Waals surface area contributed by atoms with Crippen molar-refractivity contribution >= 4 is 21.4 Å². The van der Waals surface area contributed by atoms with E-state index in [1.165, 1.54) is 11.3 Å². The quantitative estimate of drug-likeness (QED) is 0.928. The van der Waals surface area contributed by atoms with Crippen LogP contribution in [0, 0.1) is 11.8 Å². The van der Waals surface area contributed by atoms with Crippen LogP contribution in [0.3, 0.4) is 0 Å². The highest BCUT2D eigenvalue weighted by atomic mass is 32.2. The molecule has 1 fully saturated rings. The Bertz CT molecular complexity index is 515. The van der Waals surface area contributed by atoms with E-state index in [1.807, 2.05) is 0 Å². The molecule has 0 saturated carbocycles. The standard InChI is InChI=1S/C13H22N2O2S2/c1-10(2)11-3-6-15(7-4-11)19(16,17)13-5-8-18-12(13)9-14/h5,8,10-11H,3-4,6-7,9,14H2,1-2H3. The molecule has 0 atom stereocenters. The minimum Gasteiger partial charge on any atom is -0.326 e. The SMILES string of the molecule is CC(C)C1CCN(S(=O)(=O)c2ccsc2CN)CC1. The summed E-state index contributed by atoms with van der Waals surface area (Å²) in [5.74, 6) is 1.27. The summed E-state index contributed by atoms with van der Waals surface area (Å²) < 4.78 is 26.8. The van der Waals surface area contributed by atoms with Gasteiger partial charge in [-0.25, -0.2) is 8.42 Å². The molecule has 1 aromatic heterocycles. The molecule has 1 aliphatic rings. The number of nitrogens with two attached hydrogens (primary N) is 1. The summed E-state index contributed by atoms with van der Waals surface area (Å²) in [5.41, 5.74) is 5.61. The first-order valence-electron chi connectivity index (χ1n) is 6.73. The molecule has 0 aromatic carbocycles. The van der Waals surface area contributed by atoms with E-state index >= 15 is 0 Å². The summed E-state index contributed by atoms with van der Waals surface area (Å²) >= 11 is 1.42. The van der Waals surface area contributed by atoms with E-state index in [9.17, 15) is 8.42 Å². The van der Waals surface area contributed by atoms with Gasteiger partial charge in [-0.15, -0.1) is 11.3 Å². The van der Waals surface area contributed by atoms with Crippen LogP contribution in [0.1, 0.15) is 31.6 Å². The second-order valence-electron chi connectivity index (χ2n) is 5.40. The predicted molar refractivity (Wildman–Crippen MR) is 78.5 cm³/mol. The van der Waals surface area contributed by atoms with Gasteiger partial charge >= 0.3 is 0 Å². The van der Waals surface area contributed by atoms with Crippen LogP contribution in [0.15, 0.2) is 16.3 Å². The van der Waals surface area contributed by atoms with Gasteiger partial charge in [-0.1, -0.05) is 13.8 Å². The molecule has 1 aromatic rings. The van der Waals surface area contributed by atoms with Gasteiger partial charge in [-0.3, -0.25) is 0 Å². The van der Waals surface area contributed by atoms with Crippen molar-refractivity contribution in [3.8, 4) is 0 Å². The number of rotatable bonds is 4. The third kappa shape index (κ3) is 3.02. The molecular formula is C13H22N2O2S2. The number of hydrogen-bond acceptors (Lipinski definition) is 4. The predicted octanol–water partition coefficient (Wildman–Crippen LogP) is 2.26. The van der Waals surface area contributed by atoms with Gasteiger partial charge in [0.05, 0.1) is 4.90 Å². The van der Waals surface area contributed by atoms with Crippen LogP contribution in [0.2, 0.25) is 0 Å². The highest BCUT2D eigenvalue weighted by Crippen LogP contribution is 2.30. The molecule has 2 heterocycles. The van der Waals surface area contributed by atoms with E-state index in [2.05, 4.69) is 13.8 Å². The first-order valence-corrected chi connectivity index (χ1v) is 9.05. The molecular weight excluding hydrogens is 280 g/mol. The molecule has 4 nitrogen and oxygen atoms in total. The van der Waals surface area contributed by atoms with Gasteiger partial charge in [0, 0.05) is 24.5 Å². The maximum Gasteiger partial charge on any atom is 0.244 e. The maximum atomic E-state index is 12.6. The highest BCUT2D eigenvalue weighted by molar-refractivity contribution is 7.89. The van der Waals surface area contributed by atoms with Crippen molar-refractivity contribution in [1.82, 2.24) is 4.31 Å². The third-order valence-electron chi connectivity index (χ3n) is 3.95. The fourth-order valence-corrected chi connectivity index (χ4v) is 5.41. The number of hydrogen-bond donors (Lipinski definition) is 1. The Labute approximate surface area is 119 Å². The van der Waals surface area contributed by atoms with Gasteiger partial charge in [-0.05, 0) is 36.1 Å². The van der Waals surface area contributed by atoms with Crippen LogP contribution in [-0.4, -0.2) is 25.8 Å². The topological polar surface area (TPSA) is 63.4 Å². The van der Waals surface area contributed by atoms with Crippen molar-refractivity contribution in [1.29, 1.82) is 0 Å². The first-order chi connectivity index (χ1) is 8.96. The van der Waals surface area contributed by atoms with Crippen LogP contribution in [-0.2, 0) is 16.6 Å². The molecule has 1 saturated heterocycles. The molecule has 108 valence electrons. The Morgan fingerprint density at radius 3 is 2.58 bits per heavy atom. The number of sulfonamides is 1. The summed E-state index contributed by atoms with van der Waals surface area (Å²) in [7, 11) is -3.35. The van der Waals surface area contributed by atoms with E-state index in [-0.39, 0.29) is 6.54 Å². The number of thiophene rings is 1. The molecule has 2 rings (SSSR count). The van der Waals surface area contributed by atoms with Crippen LogP contribution < -0.4 is 5.73 Å².